The molecule has 1 aromatic rings. The Hall–Kier alpha value is -1.12. The first-order valence-electron chi connectivity index (χ1n) is 6.32. The molecule has 0 amide bonds. The third-order valence-electron chi connectivity index (χ3n) is 2.83. The molecule has 0 unspecified atom stereocenters. The van der Waals surface area contributed by atoms with Gasteiger partial charge in [0.05, 0.1) is 11.4 Å². The Morgan fingerprint density at radius 2 is 1.24 bits per heavy atom. The average Bonchev–Trinajstić information content (AvgIpc) is 2.14. The monoisotopic (exact) mass is 235 g/mol. The molecule has 1 heterocycles. The minimum absolute atomic E-state index is 0.0485. The van der Waals surface area contributed by atoms with E-state index in [2.05, 4.69) is 58.4 Å². The molecule has 3 heteroatoms. The Labute approximate surface area is 105 Å². The standard InChI is InChI=1S/C14H25N3/c1-8(2)11-10(14(5,6)7)12(9(3)4)17-13(15)16-11/h8-9H,1-7H3,(H2,15,16,17). The Bertz CT molecular complexity index is 371. The first kappa shape index (κ1) is 13.9. The van der Waals surface area contributed by atoms with Gasteiger partial charge in [-0.15, -0.1) is 0 Å². The minimum Gasteiger partial charge on any atom is -0.368 e. The molecule has 0 fully saturated rings. The molecule has 0 saturated carbocycles. The molecule has 0 aliphatic heterocycles. The molecule has 0 aliphatic rings. The number of nitrogen functional groups attached to an aromatic ring is 1. The van der Waals surface area contributed by atoms with E-state index in [1.807, 2.05) is 0 Å². The van der Waals surface area contributed by atoms with Crippen LogP contribution in [0.25, 0.3) is 0 Å². The van der Waals surface area contributed by atoms with Crippen LogP contribution in [0, 0.1) is 0 Å². The molecule has 3 nitrogen and oxygen atoms in total. The maximum Gasteiger partial charge on any atom is 0.220 e. The normalized spacial score (nSPS) is 12.5. The van der Waals surface area contributed by atoms with Crippen LogP contribution < -0.4 is 5.73 Å². The second-order valence-corrected chi connectivity index (χ2v) is 6.29. The summed E-state index contributed by atoms with van der Waals surface area (Å²) in [5.74, 6) is 1.13. The van der Waals surface area contributed by atoms with Crippen LogP contribution in [-0.2, 0) is 5.41 Å². The van der Waals surface area contributed by atoms with Gasteiger partial charge in [-0.3, -0.25) is 0 Å². The van der Waals surface area contributed by atoms with Crippen molar-refractivity contribution in [2.45, 2.75) is 65.7 Å². The molecule has 1 rings (SSSR count). The summed E-state index contributed by atoms with van der Waals surface area (Å²) in [6.45, 7) is 15.2. The molecule has 0 radical (unpaired) electrons. The van der Waals surface area contributed by atoms with E-state index in [0.29, 0.717) is 17.8 Å². The van der Waals surface area contributed by atoms with E-state index in [0.717, 1.165) is 11.4 Å². The fourth-order valence-electron chi connectivity index (χ4n) is 2.12. The topological polar surface area (TPSA) is 51.8 Å². The molecule has 0 saturated heterocycles. The van der Waals surface area contributed by atoms with Crippen molar-refractivity contribution in [2.75, 3.05) is 5.73 Å². The Morgan fingerprint density at radius 1 is 0.882 bits per heavy atom. The van der Waals surface area contributed by atoms with E-state index in [4.69, 9.17) is 5.73 Å². The molecular weight excluding hydrogens is 210 g/mol. The quantitative estimate of drug-likeness (QED) is 0.852. The highest BCUT2D eigenvalue weighted by Crippen LogP contribution is 2.34. The summed E-state index contributed by atoms with van der Waals surface area (Å²) in [4.78, 5) is 8.90. The second-order valence-electron chi connectivity index (χ2n) is 6.29. The van der Waals surface area contributed by atoms with Crippen LogP contribution in [-0.4, -0.2) is 9.97 Å². The zero-order chi connectivity index (χ0) is 13.4. The summed E-state index contributed by atoms with van der Waals surface area (Å²) < 4.78 is 0. The fraction of sp³-hybridized carbons (Fsp3) is 0.714. The van der Waals surface area contributed by atoms with Gasteiger partial charge in [-0.1, -0.05) is 48.5 Å². The summed E-state index contributed by atoms with van der Waals surface area (Å²) >= 11 is 0. The highest BCUT2D eigenvalue weighted by atomic mass is 15.0. The van der Waals surface area contributed by atoms with Gasteiger partial charge in [0, 0.05) is 5.56 Å². The van der Waals surface area contributed by atoms with Crippen molar-refractivity contribution >= 4 is 5.95 Å². The predicted octanol–water partition coefficient (Wildman–Crippen LogP) is 3.60. The first-order valence-corrected chi connectivity index (χ1v) is 6.32. The van der Waals surface area contributed by atoms with Crippen LogP contribution in [0.5, 0.6) is 0 Å². The lowest BCUT2D eigenvalue weighted by atomic mass is 9.80. The lowest BCUT2D eigenvalue weighted by molar-refractivity contribution is 0.549. The number of hydrogen-bond acceptors (Lipinski definition) is 3. The fourth-order valence-corrected chi connectivity index (χ4v) is 2.12. The van der Waals surface area contributed by atoms with Gasteiger partial charge >= 0.3 is 0 Å². The van der Waals surface area contributed by atoms with Crippen LogP contribution in [0.4, 0.5) is 5.95 Å². The number of nitrogens with zero attached hydrogens (tertiary/aromatic N) is 2. The zero-order valence-corrected chi connectivity index (χ0v) is 12.1. The summed E-state index contributed by atoms with van der Waals surface area (Å²) in [5.41, 5.74) is 9.32. The van der Waals surface area contributed by atoms with Crippen LogP contribution in [0.2, 0.25) is 0 Å². The van der Waals surface area contributed by atoms with Crippen molar-refractivity contribution in [3.05, 3.63) is 17.0 Å². The van der Waals surface area contributed by atoms with Gasteiger partial charge < -0.3 is 5.73 Å². The summed E-state index contributed by atoms with van der Waals surface area (Å²) in [6, 6.07) is 0. The molecule has 0 aliphatic carbocycles. The van der Waals surface area contributed by atoms with Crippen molar-refractivity contribution < 1.29 is 0 Å². The van der Waals surface area contributed by atoms with E-state index < -0.39 is 0 Å². The van der Waals surface area contributed by atoms with E-state index in [-0.39, 0.29) is 5.41 Å². The van der Waals surface area contributed by atoms with Gasteiger partial charge in [-0.2, -0.15) is 0 Å². The predicted molar refractivity (Wildman–Crippen MR) is 73.3 cm³/mol. The van der Waals surface area contributed by atoms with Crippen LogP contribution in [0.1, 0.15) is 77.3 Å². The largest absolute Gasteiger partial charge is 0.368 e. The molecule has 2 N–H and O–H groups in total. The maximum atomic E-state index is 5.82. The van der Waals surface area contributed by atoms with E-state index in [1.165, 1.54) is 5.56 Å². The van der Waals surface area contributed by atoms with Crippen molar-refractivity contribution in [3.8, 4) is 0 Å². The van der Waals surface area contributed by atoms with Crippen LogP contribution in [0.3, 0.4) is 0 Å². The number of anilines is 1. The third-order valence-corrected chi connectivity index (χ3v) is 2.83. The van der Waals surface area contributed by atoms with Crippen LogP contribution >= 0.6 is 0 Å². The summed E-state index contributed by atoms with van der Waals surface area (Å²) in [7, 11) is 0. The van der Waals surface area contributed by atoms with Gasteiger partial charge in [0.1, 0.15) is 0 Å². The molecule has 96 valence electrons. The third kappa shape index (κ3) is 2.96. The van der Waals surface area contributed by atoms with Gasteiger partial charge in [0.2, 0.25) is 5.95 Å². The zero-order valence-electron chi connectivity index (χ0n) is 12.1. The summed E-state index contributed by atoms with van der Waals surface area (Å²) in [5, 5.41) is 0. The molecule has 1 aromatic heterocycles. The molecule has 0 aromatic carbocycles. The molecule has 0 bridgehead atoms. The molecule has 17 heavy (non-hydrogen) atoms. The van der Waals surface area contributed by atoms with Gasteiger partial charge in [-0.25, -0.2) is 9.97 Å². The second kappa shape index (κ2) is 4.63. The highest BCUT2D eigenvalue weighted by molar-refractivity contribution is 5.39. The molecule has 0 spiro atoms. The van der Waals surface area contributed by atoms with Gasteiger partial charge in [0.15, 0.2) is 0 Å². The van der Waals surface area contributed by atoms with Crippen molar-refractivity contribution in [1.29, 1.82) is 0 Å². The highest BCUT2D eigenvalue weighted by Gasteiger charge is 2.27. The van der Waals surface area contributed by atoms with E-state index >= 15 is 0 Å². The lowest BCUT2D eigenvalue weighted by Gasteiger charge is -2.28. The van der Waals surface area contributed by atoms with Crippen molar-refractivity contribution in [2.24, 2.45) is 0 Å². The molecular formula is C14H25N3. The van der Waals surface area contributed by atoms with Gasteiger partial charge in [0.25, 0.3) is 0 Å². The SMILES string of the molecule is CC(C)c1nc(N)nc(C(C)C)c1C(C)(C)C. The average molecular weight is 235 g/mol. The van der Waals surface area contributed by atoms with Crippen molar-refractivity contribution in [1.82, 2.24) is 9.97 Å². The number of aromatic nitrogens is 2. The van der Waals surface area contributed by atoms with Crippen LogP contribution in [0.15, 0.2) is 0 Å². The smallest absolute Gasteiger partial charge is 0.220 e. The Morgan fingerprint density at radius 3 is 1.47 bits per heavy atom. The Balaban J connectivity index is 3.60. The van der Waals surface area contributed by atoms with E-state index in [9.17, 15) is 0 Å². The Kier molecular flexibility index (Phi) is 3.80. The minimum atomic E-state index is 0.0485. The number of hydrogen-bond donors (Lipinski definition) is 1. The van der Waals surface area contributed by atoms with Crippen molar-refractivity contribution in [3.63, 3.8) is 0 Å². The van der Waals surface area contributed by atoms with E-state index in [1.54, 1.807) is 0 Å². The number of nitrogens with two attached hydrogens (primary N) is 1. The van der Waals surface area contributed by atoms with Gasteiger partial charge in [-0.05, 0) is 17.3 Å². The summed E-state index contributed by atoms with van der Waals surface area (Å²) in [6.07, 6.45) is 0. The maximum absolute atomic E-state index is 5.82. The number of rotatable bonds is 2. The lowest BCUT2D eigenvalue weighted by Crippen LogP contribution is -2.22. The molecule has 0 atom stereocenters. The first-order chi connectivity index (χ1) is 7.64.